The minimum Gasteiger partial charge on any atom is -0.394 e. The Balaban J connectivity index is 2.61. The van der Waals surface area contributed by atoms with Gasteiger partial charge in [-0.05, 0) is 0 Å². The van der Waals surface area contributed by atoms with E-state index in [2.05, 4.69) is 5.09 Å². The van der Waals surface area contributed by atoms with Crippen molar-refractivity contribution in [3.63, 3.8) is 0 Å². The molecule has 1 fully saturated rings. The number of aliphatic hydroxyl groups is 1. The molecule has 1 aliphatic heterocycles. The van der Waals surface area contributed by atoms with Crippen LogP contribution in [0.2, 0.25) is 0 Å². The standard InChI is InChI=1S/C7H15Cl2N2O3P/c8-1-3-11(4-2-9)15(13)10-5-7(6-12)14-15/h7,12H,1-6H2,(H,10,13)/t7-,15-/m0/s1. The van der Waals surface area contributed by atoms with Gasteiger partial charge in [-0.2, -0.15) is 0 Å². The first-order chi connectivity index (χ1) is 7.16. The van der Waals surface area contributed by atoms with E-state index in [1.165, 1.54) is 0 Å². The van der Waals surface area contributed by atoms with Gasteiger partial charge in [0.2, 0.25) is 0 Å². The third kappa shape index (κ3) is 3.56. The van der Waals surface area contributed by atoms with Gasteiger partial charge in [-0.25, -0.2) is 9.76 Å². The minimum atomic E-state index is -3.03. The lowest BCUT2D eigenvalue weighted by Crippen LogP contribution is -2.29. The Morgan fingerprint density at radius 1 is 1.47 bits per heavy atom. The quantitative estimate of drug-likeness (QED) is 0.557. The molecular formula is C7H15Cl2N2O3P. The van der Waals surface area contributed by atoms with E-state index >= 15 is 0 Å². The first-order valence-electron chi connectivity index (χ1n) is 4.68. The van der Waals surface area contributed by atoms with Crippen molar-refractivity contribution < 1.29 is 14.2 Å². The number of hydrogen-bond acceptors (Lipinski definition) is 3. The third-order valence-electron chi connectivity index (χ3n) is 2.07. The smallest absolute Gasteiger partial charge is 0.343 e. The molecule has 0 aromatic heterocycles. The lowest BCUT2D eigenvalue weighted by molar-refractivity contribution is 0.134. The summed E-state index contributed by atoms with van der Waals surface area (Å²) in [5.41, 5.74) is 0. The summed E-state index contributed by atoms with van der Waals surface area (Å²) >= 11 is 11.2. The zero-order valence-electron chi connectivity index (χ0n) is 8.23. The second-order valence-electron chi connectivity index (χ2n) is 3.12. The lowest BCUT2D eigenvalue weighted by atomic mass is 10.4. The fraction of sp³-hybridized carbons (Fsp3) is 1.00. The third-order valence-corrected chi connectivity index (χ3v) is 4.72. The van der Waals surface area contributed by atoms with E-state index in [9.17, 15) is 4.57 Å². The first kappa shape index (κ1) is 13.7. The van der Waals surface area contributed by atoms with Crippen LogP contribution in [0.5, 0.6) is 0 Å². The van der Waals surface area contributed by atoms with Crippen molar-refractivity contribution in [3.8, 4) is 0 Å². The van der Waals surface area contributed by atoms with Crippen molar-refractivity contribution in [2.45, 2.75) is 6.10 Å². The Hall–Kier alpha value is 0.650. The Labute approximate surface area is 99.2 Å². The fourth-order valence-electron chi connectivity index (χ4n) is 1.33. The molecule has 1 heterocycles. The summed E-state index contributed by atoms with van der Waals surface area (Å²) in [4.78, 5) is 0. The molecule has 0 amide bonds. The van der Waals surface area contributed by atoms with Crippen LogP contribution in [0, 0.1) is 0 Å². The molecule has 0 unspecified atom stereocenters. The summed E-state index contributed by atoms with van der Waals surface area (Å²) in [6, 6.07) is 0. The Bertz CT molecular complexity index is 238. The predicted octanol–water partition coefficient (Wildman–Crippen LogP) is 0.855. The van der Waals surface area contributed by atoms with Gasteiger partial charge in [0.15, 0.2) is 0 Å². The average molecular weight is 277 g/mol. The molecule has 2 N–H and O–H groups in total. The van der Waals surface area contributed by atoms with E-state index < -0.39 is 13.8 Å². The summed E-state index contributed by atoms with van der Waals surface area (Å²) in [5.74, 6) is 0.714. The molecule has 0 aromatic rings. The summed E-state index contributed by atoms with van der Waals surface area (Å²) < 4.78 is 19.1. The molecule has 1 saturated heterocycles. The van der Waals surface area contributed by atoms with Crippen molar-refractivity contribution in [1.29, 1.82) is 0 Å². The largest absolute Gasteiger partial charge is 0.394 e. The Morgan fingerprint density at radius 3 is 2.47 bits per heavy atom. The number of alkyl halides is 2. The highest BCUT2D eigenvalue weighted by Crippen LogP contribution is 2.50. The minimum absolute atomic E-state index is 0.146. The maximum Gasteiger partial charge on any atom is 0.343 e. The number of aliphatic hydroxyl groups excluding tert-OH is 1. The number of hydrogen-bond donors (Lipinski definition) is 2. The molecule has 15 heavy (non-hydrogen) atoms. The van der Waals surface area contributed by atoms with Gasteiger partial charge in [0.1, 0.15) is 6.10 Å². The van der Waals surface area contributed by atoms with Gasteiger partial charge in [-0.15, -0.1) is 23.2 Å². The van der Waals surface area contributed by atoms with Gasteiger partial charge in [-0.1, -0.05) is 0 Å². The topological polar surface area (TPSA) is 61.8 Å². The van der Waals surface area contributed by atoms with Crippen LogP contribution in [0.15, 0.2) is 0 Å². The molecule has 2 atom stereocenters. The SMILES string of the molecule is O=[P@@]1(N(CCCl)CCCl)NC[C@@H](CO)O1. The van der Waals surface area contributed by atoms with Crippen LogP contribution in [0.4, 0.5) is 0 Å². The van der Waals surface area contributed by atoms with Crippen molar-refractivity contribution in [1.82, 2.24) is 9.76 Å². The Morgan fingerprint density at radius 2 is 2.07 bits per heavy atom. The van der Waals surface area contributed by atoms with Gasteiger partial charge < -0.3 is 5.11 Å². The van der Waals surface area contributed by atoms with Crippen LogP contribution in [-0.4, -0.2) is 53.9 Å². The molecule has 0 aliphatic carbocycles. The van der Waals surface area contributed by atoms with Crippen molar-refractivity contribution in [3.05, 3.63) is 0 Å². The summed E-state index contributed by atoms with van der Waals surface area (Å²) in [5, 5.41) is 11.7. The van der Waals surface area contributed by atoms with Crippen LogP contribution in [0.1, 0.15) is 0 Å². The van der Waals surface area contributed by atoms with E-state index in [1.54, 1.807) is 4.67 Å². The second kappa shape index (κ2) is 6.40. The molecular weight excluding hydrogens is 262 g/mol. The molecule has 0 aromatic carbocycles. The van der Waals surface area contributed by atoms with Crippen molar-refractivity contribution >= 4 is 30.9 Å². The lowest BCUT2D eigenvalue weighted by Gasteiger charge is -2.25. The molecule has 0 spiro atoms. The van der Waals surface area contributed by atoms with Gasteiger partial charge in [0.05, 0.1) is 6.61 Å². The summed E-state index contributed by atoms with van der Waals surface area (Å²) in [6.07, 6.45) is -0.413. The highest BCUT2D eigenvalue weighted by atomic mass is 35.5. The van der Waals surface area contributed by atoms with Crippen LogP contribution in [0.25, 0.3) is 0 Å². The highest BCUT2D eigenvalue weighted by Gasteiger charge is 2.39. The van der Waals surface area contributed by atoms with Crippen LogP contribution >= 0.6 is 30.9 Å². The van der Waals surface area contributed by atoms with Crippen molar-refractivity contribution in [2.24, 2.45) is 0 Å². The average Bonchev–Trinajstić information content (AvgIpc) is 2.61. The molecule has 0 radical (unpaired) electrons. The van der Waals surface area contributed by atoms with Gasteiger partial charge in [0, 0.05) is 31.4 Å². The van der Waals surface area contributed by atoms with E-state index in [1.807, 2.05) is 0 Å². The van der Waals surface area contributed by atoms with E-state index in [-0.39, 0.29) is 6.61 Å². The van der Waals surface area contributed by atoms with Crippen LogP contribution in [-0.2, 0) is 9.09 Å². The zero-order valence-corrected chi connectivity index (χ0v) is 10.6. The van der Waals surface area contributed by atoms with Gasteiger partial charge >= 0.3 is 7.67 Å². The first-order valence-corrected chi connectivity index (χ1v) is 7.32. The molecule has 5 nitrogen and oxygen atoms in total. The molecule has 0 bridgehead atoms. The predicted molar refractivity (Wildman–Crippen MR) is 60.6 cm³/mol. The molecule has 1 rings (SSSR count). The highest BCUT2D eigenvalue weighted by molar-refractivity contribution is 7.54. The molecule has 1 aliphatic rings. The van der Waals surface area contributed by atoms with E-state index in [0.717, 1.165) is 0 Å². The normalized spacial score (nSPS) is 31.3. The summed E-state index contributed by atoms with van der Waals surface area (Å²) in [7, 11) is -3.03. The number of halogens is 2. The number of rotatable bonds is 6. The van der Waals surface area contributed by atoms with E-state index in [0.29, 0.717) is 31.4 Å². The van der Waals surface area contributed by atoms with E-state index in [4.69, 9.17) is 32.8 Å². The van der Waals surface area contributed by atoms with Crippen LogP contribution < -0.4 is 5.09 Å². The van der Waals surface area contributed by atoms with Crippen LogP contribution in [0.3, 0.4) is 0 Å². The number of nitrogens with zero attached hydrogens (tertiary/aromatic N) is 1. The second-order valence-corrected chi connectivity index (χ2v) is 6.01. The molecule has 0 saturated carbocycles. The summed E-state index contributed by atoms with van der Waals surface area (Å²) in [6.45, 7) is 1.12. The Kier molecular flexibility index (Phi) is 5.85. The molecule has 8 heteroatoms. The fourth-order valence-corrected chi connectivity index (χ4v) is 4.09. The van der Waals surface area contributed by atoms with Gasteiger partial charge in [0.25, 0.3) is 0 Å². The number of nitrogens with one attached hydrogen (secondary N) is 1. The zero-order chi connectivity index (χ0) is 11.3. The molecule has 90 valence electrons. The maximum atomic E-state index is 12.2. The van der Waals surface area contributed by atoms with Crippen molar-refractivity contribution in [2.75, 3.05) is 38.0 Å². The van der Waals surface area contributed by atoms with Gasteiger partial charge in [-0.3, -0.25) is 9.09 Å². The maximum absolute atomic E-state index is 12.2. The monoisotopic (exact) mass is 276 g/mol.